The molecule has 1 aromatic carbocycles. The average Bonchev–Trinajstić information content (AvgIpc) is 2.96. The summed E-state index contributed by atoms with van der Waals surface area (Å²) < 4.78 is 43.9. The Bertz CT molecular complexity index is 905. The van der Waals surface area contributed by atoms with E-state index in [0.29, 0.717) is 26.8 Å². The predicted molar refractivity (Wildman–Crippen MR) is 87.5 cm³/mol. The van der Waals surface area contributed by atoms with Crippen molar-refractivity contribution in [3.05, 3.63) is 39.8 Å². The minimum absolute atomic E-state index is 0.329. The molecule has 0 amide bonds. The predicted octanol–water partition coefficient (Wildman–Crippen LogP) is 4.70. The number of nitrogens with two attached hydrogens (primary N) is 1. The van der Waals surface area contributed by atoms with E-state index < -0.39 is 24.0 Å². The third kappa shape index (κ3) is 3.57. The second kappa shape index (κ2) is 6.23. The van der Waals surface area contributed by atoms with Gasteiger partial charge in [0, 0.05) is 5.39 Å². The molecule has 0 fully saturated rings. The SMILES string of the molecule is CC(Nc1nc(N)nc(C(F)(F)F)n1)c1cc2c(Cl)ccc(Cl)c2o1. The van der Waals surface area contributed by atoms with Gasteiger partial charge < -0.3 is 15.5 Å². The Hall–Kier alpha value is -2.26. The molecule has 0 saturated carbocycles. The first-order valence-corrected chi connectivity index (χ1v) is 7.63. The van der Waals surface area contributed by atoms with Crippen LogP contribution in [0.15, 0.2) is 22.6 Å². The second-order valence-corrected chi connectivity index (χ2v) is 5.94. The van der Waals surface area contributed by atoms with Crippen LogP contribution in [-0.2, 0) is 6.18 Å². The first-order chi connectivity index (χ1) is 11.6. The summed E-state index contributed by atoms with van der Waals surface area (Å²) in [6, 6.07) is 4.25. The maximum absolute atomic E-state index is 12.8. The third-order valence-corrected chi connectivity index (χ3v) is 3.91. The topological polar surface area (TPSA) is 89.9 Å². The molecule has 0 aliphatic carbocycles. The number of rotatable bonds is 3. The molecule has 0 aliphatic rings. The van der Waals surface area contributed by atoms with Crippen molar-refractivity contribution in [1.82, 2.24) is 15.0 Å². The van der Waals surface area contributed by atoms with Gasteiger partial charge in [0.15, 0.2) is 5.58 Å². The fourth-order valence-electron chi connectivity index (χ4n) is 2.14. The molecule has 3 N–H and O–H groups in total. The molecule has 1 unspecified atom stereocenters. The van der Waals surface area contributed by atoms with Gasteiger partial charge >= 0.3 is 6.18 Å². The minimum atomic E-state index is -4.74. The fraction of sp³-hybridized carbons (Fsp3) is 0.214. The van der Waals surface area contributed by atoms with Crippen LogP contribution in [0.2, 0.25) is 10.0 Å². The number of nitrogens with zero attached hydrogens (tertiary/aromatic N) is 3. The lowest BCUT2D eigenvalue weighted by molar-refractivity contribution is -0.144. The van der Waals surface area contributed by atoms with E-state index in [1.54, 1.807) is 25.1 Å². The molecule has 2 aromatic heterocycles. The summed E-state index contributed by atoms with van der Waals surface area (Å²) in [5.41, 5.74) is 5.69. The Morgan fingerprint density at radius 2 is 1.84 bits per heavy atom. The lowest BCUT2D eigenvalue weighted by Gasteiger charge is -2.13. The number of alkyl halides is 3. The number of halogens is 5. The Kier molecular flexibility index (Phi) is 4.38. The van der Waals surface area contributed by atoms with Gasteiger partial charge in [-0.1, -0.05) is 23.2 Å². The molecule has 25 heavy (non-hydrogen) atoms. The molecule has 132 valence electrons. The van der Waals surface area contributed by atoms with Crippen molar-refractivity contribution < 1.29 is 17.6 Å². The van der Waals surface area contributed by atoms with Crippen molar-refractivity contribution in [2.24, 2.45) is 0 Å². The van der Waals surface area contributed by atoms with Crippen LogP contribution in [0.5, 0.6) is 0 Å². The summed E-state index contributed by atoms with van der Waals surface area (Å²) in [6.07, 6.45) is -4.74. The molecule has 0 bridgehead atoms. The van der Waals surface area contributed by atoms with Crippen molar-refractivity contribution in [1.29, 1.82) is 0 Å². The molecule has 3 rings (SSSR count). The van der Waals surface area contributed by atoms with Crippen molar-refractivity contribution in [3.63, 3.8) is 0 Å². The zero-order valence-corrected chi connectivity index (χ0v) is 14.0. The molecule has 2 heterocycles. The highest BCUT2D eigenvalue weighted by molar-refractivity contribution is 6.39. The summed E-state index contributed by atoms with van der Waals surface area (Å²) in [7, 11) is 0. The van der Waals surface area contributed by atoms with E-state index in [1.165, 1.54) is 0 Å². The summed E-state index contributed by atoms with van der Waals surface area (Å²) >= 11 is 12.1. The second-order valence-electron chi connectivity index (χ2n) is 5.13. The Morgan fingerprint density at radius 3 is 2.48 bits per heavy atom. The molecule has 0 spiro atoms. The molecule has 0 aliphatic heterocycles. The van der Waals surface area contributed by atoms with Crippen LogP contribution in [0, 0.1) is 0 Å². The van der Waals surface area contributed by atoms with Gasteiger partial charge in [-0.25, -0.2) is 0 Å². The van der Waals surface area contributed by atoms with Gasteiger partial charge in [-0.05, 0) is 25.1 Å². The maximum Gasteiger partial charge on any atom is 0.451 e. The Morgan fingerprint density at radius 1 is 1.16 bits per heavy atom. The molecule has 0 saturated heterocycles. The summed E-state index contributed by atoms with van der Waals surface area (Å²) in [4.78, 5) is 10.1. The van der Waals surface area contributed by atoms with Gasteiger partial charge in [0.05, 0.1) is 16.1 Å². The average molecular weight is 392 g/mol. The quantitative estimate of drug-likeness (QED) is 0.672. The molecular weight excluding hydrogens is 382 g/mol. The lowest BCUT2D eigenvalue weighted by Crippen LogP contribution is -2.17. The zero-order chi connectivity index (χ0) is 18.4. The van der Waals surface area contributed by atoms with Crippen molar-refractivity contribution >= 4 is 46.1 Å². The van der Waals surface area contributed by atoms with Crippen LogP contribution in [0.1, 0.15) is 24.6 Å². The van der Waals surface area contributed by atoms with E-state index in [1.807, 2.05) is 0 Å². The Labute approximate surface area is 149 Å². The zero-order valence-electron chi connectivity index (χ0n) is 12.5. The molecule has 11 heteroatoms. The van der Waals surface area contributed by atoms with Gasteiger partial charge in [0.25, 0.3) is 0 Å². The number of furan rings is 1. The first kappa shape index (κ1) is 17.6. The van der Waals surface area contributed by atoms with Crippen LogP contribution in [0.25, 0.3) is 11.0 Å². The van der Waals surface area contributed by atoms with E-state index in [-0.39, 0.29) is 5.95 Å². The maximum atomic E-state index is 12.8. The minimum Gasteiger partial charge on any atom is -0.457 e. The van der Waals surface area contributed by atoms with E-state index in [9.17, 15) is 13.2 Å². The first-order valence-electron chi connectivity index (χ1n) is 6.88. The van der Waals surface area contributed by atoms with E-state index in [2.05, 4.69) is 20.3 Å². The smallest absolute Gasteiger partial charge is 0.451 e. The van der Waals surface area contributed by atoms with Crippen LogP contribution < -0.4 is 11.1 Å². The number of aromatic nitrogens is 3. The Balaban J connectivity index is 1.93. The highest BCUT2D eigenvalue weighted by Crippen LogP contribution is 2.35. The van der Waals surface area contributed by atoms with Crippen LogP contribution >= 0.6 is 23.2 Å². The molecular formula is C14H10Cl2F3N5O. The van der Waals surface area contributed by atoms with E-state index in [4.69, 9.17) is 33.4 Å². The van der Waals surface area contributed by atoms with E-state index >= 15 is 0 Å². The van der Waals surface area contributed by atoms with Crippen LogP contribution in [0.3, 0.4) is 0 Å². The molecule has 1 atom stereocenters. The molecule has 3 aromatic rings. The van der Waals surface area contributed by atoms with Gasteiger partial charge in [-0.15, -0.1) is 0 Å². The van der Waals surface area contributed by atoms with Crippen molar-refractivity contribution in [3.8, 4) is 0 Å². The van der Waals surface area contributed by atoms with Crippen molar-refractivity contribution in [2.45, 2.75) is 19.1 Å². The van der Waals surface area contributed by atoms with E-state index in [0.717, 1.165) is 0 Å². The molecule has 0 radical (unpaired) electrons. The van der Waals surface area contributed by atoms with Crippen LogP contribution in [0.4, 0.5) is 25.1 Å². The van der Waals surface area contributed by atoms with Crippen molar-refractivity contribution in [2.75, 3.05) is 11.1 Å². The highest BCUT2D eigenvalue weighted by atomic mass is 35.5. The summed E-state index contributed by atoms with van der Waals surface area (Å²) in [5.74, 6) is -1.87. The number of fused-ring (bicyclic) bond motifs is 1. The summed E-state index contributed by atoms with van der Waals surface area (Å²) in [5, 5.41) is 4.07. The standard InChI is InChI=1S/C14H10Cl2F3N5O/c1-5(9-4-6-7(15)2-3-8(16)10(6)25-9)21-13-23-11(14(17,18)19)22-12(20)24-13/h2-5H,1H3,(H3,20,21,22,23,24). The molecule has 6 nitrogen and oxygen atoms in total. The van der Waals surface area contributed by atoms with Crippen LogP contribution in [-0.4, -0.2) is 15.0 Å². The van der Waals surface area contributed by atoms with Gasteiger partial charge in [-0.3, -0.25) is 0 Å². The monoisotopic (exact) mass is 391 g/mol. The number of hydrogen-bond donors (Lipinski definition) is 2. The summed E-state index contributed by atoms with van der Waals surface area (Å²) in [6.45, 7) is 1.65. The lowest BCUT2D eigenvalue weighted by atomic mass is 10.2. The number of nitrogens with one attached hydrogen (secondary N) is 1. The number of benzene rings is 1. The van der Waals surface area contributed by atoms with Gasteiger partial charge in [-0.2, -0.15) is 28.1 Å². The number of hydrogen-bond acceptors (Lipinski definition) is 6. The van der Waals surface area contributed by atoms with Gasteiger partial charge in [0.2, 0.25) is 17.7 Å². The largest absolute Gasteiger partial charge is 0.457 e. The van der Waals surface area contributed by atoms with Gasteiger partial charge in [0.1, 0.15) is 5.76 Å². The number of nitrogen functional groups attached to an aromatic ring is 1. The normalized spacial score (nSPS) is 13.2. The third-order valence-electron chi connectivity index (χ3n) is 3.28. The number of anilines is 2. The fourth-order valence-corrected chi connectivity index (χ4v) is 2.55. The highest BCUT2D eigenvalue weighted by Gasteiger charge is 2.35.